The number of anilines is 1. The summed E-state index contributed by atoms with van der Waals surface area (Å²) in [5.74, 6) is 1.74. The third-order valence-electron chi connectivity index (χ3n) is 3.13. The fourth-order valence-corrected chi connectivity index (χ4v) is 2.20. The number of hydrogen-bond donors (Lipinski definition) is 1. The van der Waals surface area contributed by atoms with Crippen molar-refractivity contribution in [3.63, 3.8) is 0 Å². The lowest BCUT2D eigenvalue weighted by Crippen LogP contribution is -1.92. The van der Waals surface area contributed by atoms with E-state index in [2.05, 4.69) is 5.16 Å². The maximum Gasteiger partial charge on any atom is 0.177 e. The molecule has 0 spiro atoms. The van der Waals surface area contributed by atoms with Gasteiger partial charge in [-0.25, -0.2) is 0 Å². The standard InChI is InChI=1S/C16H14N2O2/c1-19-13-10-6-5-9-12(13)14-15(20-18-16(14)17)11-7-3-2-4-8-11/h2-10H,1H3,(H2,17,18). The number of ether oxygens (including phenoxy) is 1. The van der Waals surface area contributed by atoms with Crippen molar-refractivity contribution in [2.24, 2.45) is 0 Å². The molecule has 1 aromatic heterocycles. The predicted octanol–water partition coefficient (Wildman–Crippen LogP) is 3.60. The molecule has 0 saturated carbocycles. The van der Waals surface area contributed by atoms with Gasteiger partial charge < -0.3 is 15.0 Å². The number of nitrogen functional groups attached to an aromatic ring is 1. The van der Waals surface area contributed by atoms with E-state index in [9.17, 15) is 0 Å². The number of hydrogen-bond acceptors (Lipinski definition) is 4. The van der Waals surface area contributed by atoms with Crippen LogP contribution in [0.1, 0.15) is 0 Å². The molecule has 0 atom stereocenters. The van der Waals surface area contributed by atoms with Crippen molar-refractivity contribution in [3.05, 3.63) is 54.6 Å². The Morgan fingerprint density at radius 1 is 1.00 bits per heavy atom. The molecule has 0 aliphatic rings. The fourth-order valence-electron chi connectivity index (χ4n) is 2.20. The molecule has 0 unspecified atom stereocenters. The van der Waals surface area contributed by atoms with Crippen LogP contribution in [0.25, 0.3) is 22.5 Å². The quantitative estimate of drug-likeness (QED) is 0.786. The minimum absolute atomic E-state index is 0.355. The Balaban J connectivity index is 2.22. The first-order valence-corrected chi connectivity index (χ1v) is 6.25. The summed E-state index contributed by atoms with van der Waals surface area (Å²) >= 11 is 0. The minimum Gasteiger partial charge on any atom is -0.496 e. The fraction of sp³-hybridized carbons (Fsp3) is 0.0625. The van der Waals surface area contributed by atoms with E-state index in [1.807, 2.05) is 54.6 Å². The van der Waals surface area contributed by atoms with Gasteiger partial charge in [0.2, 0.25) is 0 Å². The van der Waals surface area contributed by atoms with Crippen molar-refractivity contribution in [1.29, 1.82) is 0 Å². The van der Waals surface area contributed by atoms with E-state index in [-0.39, 0.29) is 0 Å². The molecule has 0 fully saturated rings. The Kier molecular flexibility index (Phi) is 3.13. The second kappa shape index (κ2) is 5.09. The highest BCUT2D eigenvalue weighted by atomic mass is 16.5. The monoisotopic (exact) mass is 266 g/mol. The summed E-state index contributed by atoms with van der Waals surface area (Å²) in [5, 5.41) is 3.89. The lowest BCUT2D eigenvalue weighted by Gasteiger charge is -2.08. The third-order valence-corrected chi connectivity index (χ3v) is 3.13. The molecule has 100 valence electrons. The van der Waals surface area contributed by atoms with Crippen LogP contribution in [0.2, 0.25) is 0 Å². The summed E-state index contributed by atoms with van der Waals surface area (Å²) in [5.41, 5.74) is 8.53. The molecule has 0 radical (unpaired) electrons. The van der Waals surface area contributed by atoms with Crippen molar-refractivity contribution in [3.8, 4) is 28.2 Å². The van der Waals surface area contributed by atoms with Gasteiger partial charge in [-0.2, -0.15) is 0 Å². The van der Waals surface area contributed by atoms with Gasteiger partial charge in [0, 0.05) is 11.1 Å². The van der Waals surface area contributed by atoms with Gasteiger partial charge in [-0.3, -0.25) is 0 Å². The highest BCUT2D eigenvalue weighted by Crippen LogP contribution is 2.40. The minimum atomic E-state index is 0.355. The van der Waals surface area contributed by atoms with E-state index in [4.69, 9.17) is 15.0 Å². The van der Waals surface area contributed by atoms with Crippen molar-refractivity contribution in [2.45, 2.75) is 0 Å². The van der Waals surface area contributed by atoms with Crippen molar-refractivity contribution in [2.75, 3.05) is 12.8 Å². The first-order valence-electron chi connectivity index (χ1n) is 6.25. The van der Waals surface area contributed by atoms with Crippen LogP contribution in [-0.4, -0.2) is 12.3 Å². The molecule has 4 nitrogen and oxygen atoms in total. The molecule has 0 aliphatic carbocycles. The summed E-state index contributed by atoms with van der Waals surface area (Å²) in [6.07, 6.45) is 0. The molecule has 0 bridgehead atoms. The highest BCUT2D eigenvalue weighted by Gasteiger charge is 2.20. The molecular formula is C16H14N2O2. The normalized spacial score (nSPS) is 10.4. The number of nitrogens with zero attached hydrogens (tertiary/aromatic N) is 1. The van der Waals surface area contributed by atoms with Gasteiger partial charge in [-0.15, -0.1) is 0 Å². The molecule has 0 amide bonds. The zero-order chi connectivity index (χ0) is 13.9. The Labute approximate surface area is 116 Å². The number of aromatic nitrogens is 1. The average Bonchev–Trinajstić information content (AvgIpc) is 2.89. The highest BCUT2D eigenvalue weighted by molar-refractivity contribution is 5.89. The molecule has 0 saturated heterocycles. The Bertz CT molecular complexity index is 720. The zero-order valence-electron chi connectivity index (χ0n) is 11.0. The molecule has 2 aromatic carbocycles. The van der Waals surface area contributed by atoms with Gasteiger partial charge in [-0.05, 0) is 6.07 Å². The molecule has 3 rings (SSSR count). The SMILES string of the molecule is COc1ccccc1-c1c(N)noc1-c1ccccc1. The number of para-hydroxylation sites is 1. The summed E-state index contributed by atoms with van der Waals surface area (Å²) in [7, 11) is 1.63. The first kappa shape index (κ1) is 12.3. The van der Waals surface area contributed by atoms with Crippen LogP contribution in [-0.2, 0) is 0 Å². The van der Waals surface area contributed by atoms with Gasteiger partial charge in [0.15, 0.2) is 11.6 Å². The topological polar surface area (TPSA) is 61.3 Å². The molecule has 4 heteroatoms. The van der Waals surface area contributed by atoms with Crippen molar-refractivity contribution in [1.82, 2.24) is 5.16 Å². The summed E-state index contributed by atoms with van der Waals surface area (Å²) in [6.45, 7) is 0. The van der Waals surface area contributed by atoms with Crippen molar-refractivity contribution >= 4 is 5.82 Å². The van der Waals surface area contributed by atoms with Crippen LogP contribution in [0, 0.1) is 0 Å². The van der Waals surface area contributed by atoms with E-state index in [1.54, 1.807) is 7.11 Å². The summed E-state index contributed by atoms with van der Waals surface area (Å²) < 4.78 is 10.8. The van der Waals surface area contributed by atoms with E-state index >= 15 is 0 Å². The Hall–Kier alpha value is -2.75. The lowest BCUT2D eigenvalue weighted by atomic mass is 10.0. The van der Waals surface area contributed by atoms with Crippen molar-refractivity contribution < 1.29 is 9.26 Å². The summed E-state index contributed by atoms with van der Waals surface area (Å²) in [4.78, 5) is 0. The second-order valence-corrected chi connectivity index (χ2v) is 4.34. The van der Waals surface area contributed by atoms with Crippen LogP contribution in [0.5, 0.6) is 5.75 Å². The van der Waals surface area contributed by atoms with Crippen LogP contribution >= 0.6 is 0 Å². The maximum atomic E-state index is 5.97. The molecule has 3 aromatic rings. The summed E-state index contributed by atoms with van der Waals surface area (Å²) in [6, 6.07) is 17.4. The van der Waals surface area contributed by atoms with Crippen LogP contribution in [0.4, 0.5) is 5.82 Å². The van der Waals surface area contributed by atoms with Gasteiger partial charge in [-0.1, -0.05) is 53.7 Å². The molecule has 0 aliphatic heterocycles. The molecule has 2 N–H and O–H groups in total. The predicted molar refractivity (Wildman–Crippen MR) is 78.3 cm³/mol. The number of rotatable bonds is 3. The molecule has 1 heterocycles. The number of nitrogens with two attached hydrogens (primary N) is 1. The van der Waals surface area contributed by atoms with E-state index in [1.165, 1.54) is 0 Å². The van der Waals surface area contributed by atoms with Gasteiger partial charge in [0.25, 0.3) is 0 Å². The van der Waals surface area contributed by atoms with E-state index in [0.29, 0.717) is 11.6 Å². The van der Waals surface area contributed by atoms with Gasteiger partial charge >= 0.3 is 0 Å². The van der Waals surface area contributed by atoms with Crippen LogP contribution in [0.3, 0.4) is 0 Å². The maximum absolute atomic E-state index is 5.97. The van der Waals surface area contributed by atoms with Crippen LogP contribution in [0.15, 0.2) is 59.1 Å². The average molecular weight is 266 g/mol. The van der Waals surface area contributed by atoms with Gasteiger partial charge in [0.05, 0.1) is 12.7 Å². The molecular weight excluding hydrogens is 252 g/mol. The number of benzene rings is 2. The smallest absolute Gasteiger partial charge is 0.177 e. The van der Waals surface area contributed by atoms with E-state index < -0.39 is 0 Å². The zero-order valence-corrected chi connectivity index (χ0v) is 11.0. The number of methoxy groups -OCH3 is 1. The third kappa shape index (κ3) is 2.01. The Morgan fingerprint density at radius 2 is 1.70 bits per heavy atom. The largest absolute Gasteiger partial charge is 0.496 e. The second-order valence-electron chi connectivity index (χ2n) is 4.34. The first-order chi connectivity index (χ1) is 9.81. The molecule has 20 heavy (non-hydrogen) atoms. The Morgan fingerprint density at radius 3 is 2.45 bits per heavy atom. The lowest BCUT2D eigenvalue weighted by molar-refractivity contribution is 0.416. The van der Waals surface area contributed by atoms with E-state index in [0.717, 1.165) is 22.4 Å². The van der Waals surface area contributed by atoms with Gasteiger partial charge in [0.1, 0.15) is 5.75 Å². The van der Waals surface area contributed by atoms with Crippen LogP contribution < -0.4 is 10.5 Å².